The van der Waals surface area contributed by atoms with Crippen molar-refractivity contribution in [3.8, 4) is 5.75 Å². The van der Waals surface area contributed by atoms with Crippen LogP contribution in [0.15, 0.2) is 33.9 Å². The molecule has 0 aliphatic carbocycles. The quantitative estimate of drug-likeness (QED) is 0.642. The lowest BCUT2D eigenvalue weighted by molar-refractivity contribution is -0.116. The van der Waals surface area contributed by atoms with E-state index in [0.717, 1.165) is 30.5 Å². The Bertz CT molecular complexity index is 1190. The minimum atomic E-state index is -0.562. The summed E-state index contributed by atoms with van der Waals surface area (Å²) in [5.41, 5.74) is -0.0980. The van der Waals surface area contributed by atoms with Crippen molar-refractivity contribution in [2.45, 2.75) is 26.3 Å². The van der Waals surface area contributed by atoms with E-state index in [-0.39, 0.29) is 23.7 Å². The zero-order chi connectivity index (χ0) is 21.3. The molecule has 9 nitrogen and oxygen atoms in total. The van der Waals surface area contributed by atoms with Crippen molar-refractivity contribution in [3.05, 3.63) is 45.1 Å². The van der Waals surface area contributed by atoms with Crippen molar-refractivity contribution in [2.24, 2.45) is 7.05 Å². The van der Waals surface area contributed by atoms with E-state index in [1.807, 2.05) is 6.92 Å². The van der Waals surface area contributed by atoms with Gasteiger partial charge in [-0.3, -0.25) is 18.7 Å². The Morgan fingerprint density at radius 2 is 1.90 bits per heavy atom. The van der Waals surface area contributed by atoms with Crippen LogP contribution in [-0.2, 0) is 18.4 Å². The fraction of sp³-hybridized carbons (Fsp3) is 0.400. The molecule has 158 valence electrons. The molecule has 0 spiro atoms. The van der Waals surface area contributed by atoms with E-state index in [1.165, 1.54) is 23.0 Å². The molecule has 0 radical (unpaired) electrons. The molecule has 1 N–H and O–H groups in total. The Labute approximate surface area is 176 Å². The number of nitrogens with zero attached hydrogens (tertiary/aromatic N) is 4. The molecule has 1 amide bonds. The van der Waals surface area contributed by atoms with Crippen molar-refractivity contribution < 1.29 is 9.53 Å². The normalized spacial score (nSPS) is 13.7. The molecule has 0 bridgehead atoms. The number of rotatable bonds is 6. The van der Waals surface area contributed by atoms with Crippen LogP contribution in [0.5, 0.6) is 5.75 Å². The topological polar surface area (TPSA) is 98.5 Å². The first kappa shape index (κ1) is 20.1. The van der Waals surface area contributed by atoms with Gasteiger partial charge >= 0.3 is 5.69 Å². The molecule has 3 heterocycles. The van der Waals surface area contributed by atoms with Crippen LogP contribution in [0.25, 0.3) is 10.3 Å². The van der Waals surface area contributed by atoms with Gasteiger partial charge in [0, 0.05) is 25.8 Å². The Balaban J connectivity index is 1.63. The Morgan fingerprint density at radius 1 is 1.20 bits per heavy atom. The first-order valence-corrected chi connectivity index (χ1v) is 10.7. The van der Waals surface area contributed by atoms with Gasteiger partial charge in [-0.15, -0.1) is 0 Å². The van der Waals surface area contributed by atoms with Crippen LogP contribution in [0.4, 0.5) is 10.8 Å². The van der Waals surface area contributed by atoms with Gasteiger partial charge in [0.1, 0.15) is 17.0 Å². The smallest absolute Gasteiger partial charge is 0.332 e. The lowest BCUT2D eigenvalue weighted by Gasteiger charge is -2.12. The van der Waals surface area contributed by atoms with Gasteiger partial charge in [-0.1, -0.05) is 11.3 Å². The van der Waals surface area contributed by atoms with E-state index in [1.54, 1.807) is 24.3 Å². The van der Waals surface area contributed by atoms with E-state index in [2.05, 4.69) is 15.2 Å². The third-order valence-corrected chi connectivity index (χ3v) is 6.09. The summed E-state index contributed by atoms with van der Waals surface area (Å²) in [7, 11) is 1.42. The fourth-order valence-corrected chi connectivity index (χ4v) is 4.56. The molecule has 1 saturated heterocycles. The van der Waals surface area contributed by atoms with Crippen molar-refractivity contribution in [1.29, 1.82) is 0 Å². The average Bonchev–Trinajstić information content (AvgIpc) is 3.41. The van der Waals surface area contributed by atoms with Crippen LogP contribution in [0, 0.1) is 0 Å². The summed E-state index contributed by atoms with van der Waals surface area (Å²) in [4.78, 5) is 44.6. The second-order valence-corrected chi connectivity index (χ2v) is 8.06. The van der Waals surface area contributed by atoms with Gasteiger partial charge in [-0.25, -0.2) is 9.78 Å². The van der Waals surface area contributed by atoms with Gasteiger partial charge in [0.15, 0.2) is 10.8 Å². The largest absolute Gasteiger partial charge is 0.494 e. The van der Waals surface area contributed by atoms with Crippen LogP contribution in [0.2, 0.25) is 0 Å². The average molecular weight is 430 g/mol. The van der Waals surface area contributed by atoms with Gasteiger partial charge in [0.25, 0.3) is 5.56 Å². The summed E-state index contributed by atoms with van der Waals surface area (Å²) < 4.78 is 8.06. The maximum absolute atomic E-state index is 12.7. The summed E-state index contributed by atoms with van der Waals surface area (Å²) >= 11 is 1.27. The number of anilines is 2. The van der Waals surface area contributed by atoms with Gasteiger partial charge in [0.2, 0.25) is 5.91 Å². The monoisotopic (exact) mass is 429 g/mol. The molecule has 3 aromatic rings. The first-order chi connectivity index (χ1) is 14.5. The minimum Gasteiger partial charge on any atom is -0.494 e. The number of carbonyl (C=O) groups excluding carboxylic acids is 1. The molecule has 1 aromatic carbocycles. The number of carbonyl (C=O) groups is 1. The predicted octanol–water partition coefficient (Wildman–Crippen LogP) is 1.79. The van der Waals surface area contributed by atoms with Crippen LogP contribution in [0.3, 0.4) is 0 Å². The number of hydrogen-bond acceptors (Lipinski definition) is 7. The van der Waals surface area contributed by atoms with Gasteiger partial charge < -0.3 is 15.0 Å². The highest BCUT2D eigenvalue weighted by Gasteiger charge is 2.22. The molecule has 0 atom stereocenters. The standard InChI is InChI=1S/C20H23N5O4S/c1-3-29-14-8-6-13(7-9-14)21-15(26)12-25-17-16(18(27)23(2)20(25)28)30-19(22-17)24-10-4-5-11-24/h6-9H,3-5,10-12H2,1-2H3,(H,21,26). The molecule has 1 aliphatic rings. The van der Waals surface area contributed by atoms with E-state index < -0.39 is 5.69 Å². The number of fused-ring (bicyclic) bond motifs is 1. The third-order valence-electron chi connectivity index (χ3n) is 5.00. The maximum atomic E-state index is 12.7. The van der Waals surface area contributed by atoms with Crippen LogP contribution < -0.4 is 26.2 Å². The Kier molecular flexibility index (Phi) is 5.58. The number of aromatic nitrogens is 3. The molecule has 10 heteroatoms. The van der Waals surface area contributed by atoms with Crippen molar-refractivity contribution in [1.82, 2.24) is 14.1 Å². The SMILES string of the molecule is CCOc1ccc(NC(=O)Cn2c(=O)n(C)c(=O)c3sc(N4CCCC4)nc32)cc1. The van der Waals surface area contributed by atoms with E-state index in [0.29, 0.717) is 27.9 Å². The lowest BCUT2D eigenvalue weighted by Crippen LogP contribution is -2.39. The molecule has 0 saturated carbocycles. The first-order valence-electron chi connectivity index (χ1n) is 9.86. The Hall–Kier alpha value is -3.14. The molecule has 4 rings (SSSR count). The van der Waals surface area contributed by atoms with E-state index >= 15 is 0 Å². The number of amides is 1. The molecular weight excluding hydrogens is 406 g/mol. The highest BCUT2D eigenvalue weighted by Crippen LogP contribution is 2.28. The second kappa shape index (κ2) is 8.31. The lowest BCUT2D eigenvalue weighted by atomic mass is 10.3. The molecule has 0 unspecified atom stereocenters. The minimum absolute atomic E-state index is 0.236. The molecule has 1 aliphatic heterocycles. The number of benzene rings is 1. The van der Waals surface area contributed by atoms with Crippen molar-refractivity contribution >= 4 is 38.4 Å². The maximum Gasteiger partial charge on any atom is 0.332 e. The van der Waals surface area contributed by atoms with Crippen molar-refractivity contribution in [2.75, 3.05) is 29.9 Å². The van der Waals surface area contributed by atoms with Gasteiger partial charge in [-0.2, -0.15) is 0 Å². The summed E-state index contributed by atoms with van der Waals surface area (Å²) in [6.07, 6.45) is 2.15. The van der Waals surface area contributed by atoms with Crippen LogP contribution in [0.1, 0.15) is 19.8 Å². The molecule has 1 fully saturated rings. The van der Waals surface area contributed by atoms with Gasteiger partial charge in [-0.05, 0) is 44.0 Å². The summed E-state index contributed by atoms with van der Waals surface area (Å²) in [5.74, 6) is 0.334. The molecule has 2 aromatic heterocycles. The highest BCUT2D eigenvalue weighted by atomic mass is 32.1. The second-order valence-electron chi connectivity index (χ2n) is 7.08. The predicted molar refractivity (Wildman–Crippen MR) is 117 cm³/mol. The van der Waals surface area contributed by atoms with Crippen molar-refractivity contribution in [3.63, 3.8) is 0 Å². The van der Waals surface area contributed by atoms with Crippen LogP contribution >= 0.6 is 11.3 Å². The number of hydrogen-bond donors (Lipinski definition) is 1. The van der Waals surface area contributed by atoms with E-state index in [4.69, 9.17) is 4.74 Å². The number of thiazole rings is 1. The summed E-state index contributed by atoms with van der Waals surface area (Å²) in [5, 5.41) is 3.49. The number of nitrogens with one attached hydrogen (secondary N) is 1. The van der Waals surface area contributed by atoms with E-state index in [9.17, 15) is 14.4 Å². The fourth-order valence-electron chi connectivity index (χ4n) is 3.47. The Morgan fingerprint density at radius 3 is 2.57 bits per heavy atom. The zero-order valence-electron chi connectivity index (χ0n) is 16.9. The third kappa shape index (κ3) is 3.82. The summed E-state index contributed by atoms with van der Waals surface area (Å²) in [6.45, 7) is 3.98. The highest BCUT2D eigenvalue weighted by molar-refractivity contribution is 7.22. The zero-order valence-corrected chi connectivity index (χ0v) is 17.7. The molecular formula is C20H23N5O4S. The van der Waals surface area contributed by atoms with Gasteiger partial charge in [0.05, 0.1) is 6.61 Å². The summed E-state index contributed by atoms with van der Waals surface area (Å²) in [6, 6.07) is 6.99. The number of ether oxygens (including phenoxy) is 1. The molecule has 30 heavy (non-hydrogen) atoms. The van der Waals surface area contributed by atoms with Crippen LogP contribution in [-0.4, -0.2) is 39.7 Å².